The standard InChI is InChI=1S/C15H23N5/c16-15(17)19-18-11-13-7-3-4-8-14(13)12-20-9-5-1-2-6-10-20/h3-4,7-8,11H,1-2,5-6,9-10,12H2,(H4,16,17,19). The fourth-order valence-electron chi connectivity index (χ4n) is 2.50. The summed E-state index contributed by atoms with van der Waals surface area (Å²) in [6.45, 7) is 3.32. The minimum Gasteiger partial charge on any atom is -0.369 e. The van der Waals surface area contributed by atoms with E-state index >= 15 is 0 Å². The summed E-state index contributed by atoms with van der Waals surface area (Å²) < 4.78 is 0. The monoisotopic (exact) mass is 273 g/mol. The third kappa shape index (κ3) is 4.66. The summed E-state index contributed by atoms with van der Waals surface area (Å²) in [5, 5.41) is 7.56. The number of rotatable bonds is 4. The molecule has 108 valence electrons. The molecule has 2 rings (SSSR count). The van der Waals surface area contributed by atoms with Crippen LogP contribution < -0.4 is 11.5 Å². The van der Waals surface area contributed by atoms with Gasteiger partial charge in [0.05, 0.1) is 6.21 Å². The molecule has 20 heavy (non-hydrogen) atoms. The van der Waals surface area contributed by atoms with E-state index in [0.717, 1.165) is 12.1 Å². The largest absolute Gasteiger partial charge is 0.369 e. The highest BCUT2D eigenvalue weighted by atomic mass is 15.3. The number of nitrogens with zero attached hydrogens (tertiary/aromatic N) is 3. The first kappa shape index (κ1) is 14.5. The molecule has 0 spiro atoms. The van der Waals surface area contributed by atoms with Gasteiger partial charge in [-0.25, -0.2) is 0 Å². The highest BCUT2D eigenvalue weighted by molar-refractivity contribution is 5.83. The van der Waals surface area contributed by atoms with Crippen LogP contribution in [0.1, 0.15) is 36.8 Å². The molecule has 0 saturated carbocycles. The summed E-state index contributed by atoms with van der Waals surface area (Å²) in [5.41, 5.74) is 12.9. The summed E-state index contributed by atoms with van der Waals surface area (Å²) in [7, 11) is 0. The Bertz CT molecular complexity index is 469. The normalized spacial score (nSPS) is 17.0. The minimum absolute atomic E-state index is 0.0220. The van der Waals surface area contributed by atoms with Crippen LogP contribution in [0.25, 0.3) is 0 Å². The smallest absolute Gasteiger partial charge is 0.211 e. The third-order valence-corrected chi connectivity index (χ3v) is 3.52. The number of benzene rings is 1. The van der Waals surface area contributed by atoms with Gasteiger partial charge in [-0.3, -0.25) is 4.90 Å². The topological polar surface area (TPSA) is 80.0 Å². The maximum atomic E-state index is 5.27. The lowest BCUT2D eigenvalue weighted by molar-refractivity contribution is 0.277. The van der Waals surface area contributed by atoms with Crippen LogP contribution in [0.15, 0.2) is 34.5 Å². The van der Waals surface area contributed by atoms with Gasteiger partial charge >= 0.3 is 0 Å². The van der Waals surface area contributed by atoms with Crippen molar-refractivity contribution in [2.45, 2.75) is 32.2 Å². The molecule has 1 saturated heterocycles. The van der Waals surface area contributed by atoms with Gasteiger partial charge in [0.2, 0.25) is 5.96 Å². The van der Waals surface area contributed by atoms with Gasteiger partial charge in [-0.15, -0.1) is 5.10 Å². The lowest BCUT2D eigenvalue weighted by Gasteiger charge is -2.20. The number of hydrogen-bond acceptors (Lipinski definition) is 3. The molecule has 1 aliphatic heterocycles. The van der Waals surface area contributed by atoms with Crippen molar-refractivity contribution in [3.63, 3.8) is 0 Å². The van der Waals surface area contributed by atoms with Crippen LogP contribution >= 0.6 is 0 Å². The van der Waals surface area contributed by atoms with E-state index in [0.29, 0.717) is 0 Å². The van der Waals surface area contributed by atoms with E-state index in [1.165, 1.54) is 44.3 Å². The minimum atomic E-state index is -0.0220. The Balaban J connectivity index is 2.06. The number of hydrogen-bond donors (Lipinski definition) is 2. The molecule has 0 aliphatic carbocycles. The zero-order valence-electron chi connectivity index (χ0n) is 11.8. The Morgan fingerprint density at radius 2 is 1.80 bits per heavy atom. The van der Waals surface area contributed by atoms with Gasteiger partial charge < -0.3 is 11.5 Å². The molecule has 5 heteroatoms. The van der Waals surface area contributed by atoms with Gasteiger partial charge in [-0.05, 0) is 37.1 Å². The van der Waals surface area contributed by atoms with Crippen LogP contribution in [-0.2, 0) is 6.54 Å². The van der Waals surface area contributed by atoms with Crippen molar-refractivity contribution in [3.05, 3.63) is 35.4 Å². The van der Waals surface area contributed by atoms with Crippen molar-refractivity contribution in [2.24, 2.45) is 21.7 Å². The number of guanidine groups is 1. The van der Waals surface area contributed by atoms with Crippen molar-refractivity contribution in [2.75, 3.05) is 13.1 Å². The van der Waals surface area contributed by atoms with Crippen LogP contribution in [0.4, 0.5) is 0 Å². The molecule has 4 N–H and O–H groups in total. The van der Waals surface area contributed by atoms with Gasteiger partial charge in [-0.2, -0.15) is 5.10 Å². The molecule has 0 atom stereocenters. The van der Waals surface area contributed by atoms with E-state index in [1.54, 1.807) is 6.21 Å². The van der Waals surface area contributed by atoms with E-state index in [2.05, 4.69) is 27.2 Å². The summed E-state index contributed by atoms with van der Waals surface area (Å²) in [6, 6.07) is 8.24. The van der Waals surface area contributed by atoms with E-state index in [-0.39, 0.29) is 5.96 Å². The molecule has 0 radical (unpaired) electrons. The van der Waals surface area contributed by atoms with Crippen molar-refractivity contribution in [3.8, 4) is 0 Å². The summed E-state index contributed by atoms with van der Waals surface area (Å²) >= 11 is 0. The molecule has 1 heterocycles. The maximum absolute atomic E-state index is 5.27. The van der Waals surface area contributed by atoms with Gasteiger partial charge in [0, 0.05) is 6.54 Å². The Morgan fingerprint density at radius 1 is 1.10 bits per heavy atom. The Kier molecular flexibility index (Phi) is 5.55. The molecular formula is C15H23N5. The third-order valence-electron chi connectivity index (χ3n) is 3.52. The first-order valence-electron chi connectivity index (χ1n) is 7.18. The average Bonchev–Trinajstić information content (AvgIpc) is 2.69. The van der Waals surface area contributed by atoms with Gasteiger partial charge in [-0.1, -0.05) is 37.1 Å². The highest BCUT2D eigenvalue weighted by Gasteiger charge is 2.10. The van der Waals surface area contributed by atoms with E-state index in [9.17, 15) is 0 Å². The Hall–Kier alpha value is -1.88. The van der Waals surface area contributed by atoms with Crippen LogP contribution in [0.2, 0.25) is 0 Å². The second-order valence-corrected chi connectivity index (χ2v) is 5.16. The zero-order valence-corrected chi connectivity index (χ0v) is 11.8. The number of likely N-dealkylation sites (tertiary alicyclic amines) is 1. The lowest BCUT2D eigenvalue weighted by Crippen LogP contribution is -2.24. The van der Waals surface area contributed by atoms with Crippen LogP contribution in [0.5, 0.6) is 0 Å². The lowest BCUT2D eigenvalue weighted by atomic mass is 10.1. The molecule has 1 aromatic carbocycles. The average molecular weight is 273 g/mol. The second-order valence-electron chi connectivity index (χ2n) is 5.16. The highest BCUT2D eigenvalue weighted by Crippen LogP contribution is 2.15. The SMILES string of the molecule is NC(N)=NN=Cc1ccccc1CN1CCCCCC1. The van der Waals surface area contributed by atoms with Crippen molar-refractivity contribution in [1.29, 1.82) is 0 Å². The fraction of sp³-hybridized carbons (Fsp3) is 0.467. The van der Waals surface area contributed by atoms with Gasteiger partial charge in [0.25, 0.3) is 0 Å². The van der Waals surface area contributed by atoms with Crippen molar-refractivity contribution >= 4 is 12.2 Å². The molecule has 0 aromatic heterocycles. The molecule has 1 aromatic rings. The van der Waals surface area contributed by atoms with Crippen LogP contribution in [0, 0.1) is 0 Å². The molecule has 0 amide bonds. The first-order chi connectivity index (χ1) is 9.75. The van der Waals surface area contributed by atoms with E-state index < -0.39 is 0 Å². The number of nitrogens with two attached hydrogens (primary N) is 2. The maximum Gasteiger partial charge on any atom is 0.211 e. The van der Waals surface area contributed by atoms with Crippen molar-refractivity contribution < 1.29 is 0 Å². The molecular weight excluding hydrogens is 250 g/mol. The molecule has 5 nitrogen and oxygen atoms in total. The zero-order chi connectivity index (χ0) is 14.2. The summed E-state index contributed by atoms with van der Waals surface area (Å²) in [6.07, 6.45) is 7.01. The predicted molar refractivity (Wildman–Crippen MR) is 83.6 cm³/mol. The van der Waals surface area contributed by atoms with Crippen LogP contribution in [0.3, 0.4) is 0 Å². The van der Waals surface area contributed by atoms with Crippen LogP contribution in [-0.4, -0.2) is 30.2 Å². The first-order valence-corrected chi connectivity index (χ1v) is 7.18. The summed E-state index contributed by atoms with van der Waals surface area (Å²) in [4.78, 5) is 2.51. The molecule has 1 fully saturated rings. The van der Waals surface area contributed by atoms with E-state index in [1.807, 2.05) is 12.1 Å². The molecule has 0 bridgehead atoms. The van der Waals surface area contributed by atoms with E-state index in [4.69, 9.17) is 11.5 Å². The summed E-state index contributed by atoms with van der Waals surface area (Å²) in [5.74, 6) is -0.0220. The van der Waals surface area contributed by atoms with Gasteiger partial charge in [0.1, 0.15) is 0 Å². The second kappa shape index (κ2) is 7.65. The molecule has 0 unspecified atom stereocenters. The van der Waals surface area contributed by atoms with Crippen molar-refractivity contribution in [1.82, 2.24) is 4.90 Å². The van der Waals surface area contributed by atoms with Gasteiger partial charge in [0.15, 0.2) is 0 Å². The fourth-order valence-corrected chi connectivity index (χ4v) is 2.50. The molecule has 1 aliphatic rings. The Labute approximate surface area is 120 Å². The predicted octanol–water partition coefficient (Wildman–Crippen LogP) is 1.67. The quantitative estimate of drug-likeness (QED) is 0.497. The Morgan fingerprint density at radius 3 is 2.50 bits per heavy atom.